The van der Waals surface area contributed by atoms with Crippen molar-refractivity contribution in [2.75, 3.05) is 0 Å². The third kappa shape index (κ3) is 4.41. The lowest BCUT2D eigenvalue weighted by atomic mass is 10.0. The van der Waals surface area contributed by atoms with Crippen molar-refractivity contribution in [3.63, 3.8) is 0 Å². The van der Waals surface area contributed by atoms with E-state index in [1.165, 1.54) is 0 Å². The Morgan fingerprint density at radius 3 is 2.43 bits per heavy atom. The lowest BCUT2D eigenvalue weighted by molar-refractivity contribution is 0.460. The summed E-state index contributed by atoms with van der Waals surface area (Å²) in [5.41, 5.74) is 6.79. The van der Waals surface area contributed by atoms with E-state index in [1.54, 1.807) is 12.1 Å². The van der Waals surface area contributed by atoms with Gasteiger partial charge in [0.15, 0.2) is 0 Å². The fourth-order valence-electron chi connectivity index (χ4n) is 1.93. The Hall–Kier alpha value is -1.65. The molecule has 2 aromatic rings. The second-order valence-corrected chi connectivity index (χ2v) is 5.27. The van der Waals surface area contributed by atoms with Crippen LogP contribution in [0.15, 0.2) is 36.4 Å². The van der Waals surface area contributed by atoms with Gasteiger partial charge in [0.05, 0.1) is 0 Å². The largest absolute Gasteiger partial charge is 0.457 e. The van der Waals surface area contributed by atoms with Gasteiger partial charge >= 0.3 is 0 Å². The monoisotopic (exact) mass is 311 g/mol. The van der Waals surface area contributed by atoms with E-state index in [9.17, 15) is 8.78 Å². The molecule has 1 unspecified atom stereocenters. The quantitative estimate of drug-likeness (QED) is 0.869. The van der Waals surface area contributed by atoms with Crippen LogP contribution in [0.5, 0.6) is 11.5 Å². The summed E-state index contributed by atoms with van der Waals surface area (Å²) in [6.07, 6.45) is 1.41. The van der Waals surface area contributed by atoms with Gasteiger partial charge < -0.3 is 10.5 Å². The molecular formula is C16H16ClF2NO. The maximum Gasteiger partial charge on any atom is 0.133 e. The zero-order valence-corrected chi connectivity index (χ0v) is 12.3. The summed E-state index contributed by atoms with van der Waals surface area (Å²) < 4.78 is 32.0. The maximum absolute atomic E-state index is 13.2. The lowest BCUT2D eigenvalue weighted by Gasteiger charge is -2.14. The predicted octanol–water partition coefficient (Wildman–Crippen LogP) is 4.69. The van der Waals surface area contributed by atoms with E-state index in [2.05, 4.69) is 0 Å². The molecule has 0 aliphatic carbocycles. The molecule has 0 heterocycles. The van der Waals surface area contributed by atoms with Crippen LogP contribution in [0.2, 0.25) is 5.02 Å². The highest BCUT2D eigenvalue weighted by molar-refractivity contribution is 6.30. The summed E-state index contributed by atoms with van der Waals surface area (Å²) >= 11 is 5.96. The Labute approximate surface area is 127 Å². The molecule has 2 rings (SSSR count). The number of rotatable bonds is 5. The average molecular weight is 312 g/mol. The van der Waals surface area contributed by atoms with Gasteiger partial charge in [0.1, 0.15) is 23.1 Å². The molecular weight excluding hydrogens is 296 g/mol. The fraction of sp³-hybridized carbons (Fsp3) is 0.250. The molecule has 2 aromatic carbocycles. The van der Waals surface area contributed by atoms with Crippen LogP contribution in [-0.2, 0) is 6.42 Å². The molecule has 1 atom stereocenters. The molecule has 0 aliphatic rings. The summed E-state index contributed by atoms with van der Waals surface area (Å²) in [7, 11) is 0. The first-order valence-corrected chi connectivity index (χ1v) is 7.03. The van der Waals surface area contributed by atoms with Crippen LogP contribution in [0.4, 0.5) is 8.78 Å². The van der Waals surface area contributed by atoms with Crippen LogP contribution in [0, 0.1) is 11.6 Å². The molecule has 0 radical (unpaired) electrons. The van der Waals surface area contributed by atoms with Crippen molar-refractivity contribution < 1.29 is 13.5 Å². The van der Waals surface area contributed by atoms with E-state index < -0.39 is 11.6 Å². The fourth-order valence-corrected chi connectivity index (χ4v) is 2.10. The molecule has 21 heavy (non-hydrogen) atoms. The first kappa shape index (κ1) is 15.7. The van der Waals surface area contributed by atoms with E-state index in [0.717, 1.165) is 30.2 Å². The van der Waals surface area contributed by atoms with Crippen molar-refractivity contribution in [1.82, 2.24) is 0 Å². The Morgan fingerprint density at radius 2 is 1.81 bits per heavy atom. The molecule has 0 aliphatic heterocycles. The van der Waals surface area contributed by atoms with Crippen LogP contribution >= 0.6 is 11.6 Å². The van der Waals surface area contributed by atoms with Crippen LogP contribution in [-0.4, -0.2) is 6.04 Å². The van der Waals surface area contributed by atoms with Crippen molar-refractivity contribution in [3.05, 3.63) is 58.6 Å². The summed E-state index contributed by atoms with van der Waals surface area (Å²) in [4.78, 5) is 0. The molecule has 112 valence electrons. The molecule has 0 amide bonds. The molecule has 2 nitrogen and oxygen atoms in total. The zero-order chi connectivity index (χ0) is 15.4. The van der Waals surface area contributed by atoms with E-state index in [1.807, 2.05) is 13.0 Å². The van der Waals surface area contributed by atoms with Crippen molar-refractivity contribution in [2.45, 2.75) is 25.8 Å². The molecule has 5 heteroatoms. The van der Waals surface area contributed by atoms with Gasteiger partial charge in [0, 0.05) is 29.3 Å². The van der Waals surface area contributed by atoms with E-state index in [4.69, 9.17) is 22.1 Å². The van der Waals surface area contributed by atoms with Gasteiger partial charge in [0.25, 0.3) is 0 Å². The number of halogens is 3. The van der Waals surface area contributed by atoms with Gasteiger partial charge in [-0.2, -0.15) is 0 Å². The van der Waals surface area contributed by atoms with Crippen molar-refractivity contribution >= 4 is 11.6 Å². The highest BCUT2D eigenvalue weighted by Crippen LogP contribution is 2.30. The Balaban J connectivity index is 2.31. The number of hydrogen-bond donors (Lipinski definition) is 1. The minimum atomic E-state index is -0.696. The SMILES string of the molecule is CCC(N)Cc1ccc(Cl)cc1Oc1cc(F)cc(F)c1. The minimum Gasteiger partial charge on any atom is -0.457 e. The molecule has 0 spiro atoms. The summed E-state index contributed by atoms with van der Waals surface area (Å²) in [6.45, 7) is 1.99. The van der Waals surface area contributed by atoms with Gasteiger partial charge in [-0.25, -0.2) is 8.78 Å². The molecule has 0 saturated heterocycles. The van der Waals surface area contributed by atoms with Crippen LogP contribution < -0.4 is 10.5 Å². The summed E-state index contributed by atoms with van der Waals surface area (Å²) in [6, 6.07) is 8.17. The molecule has 0 saturated carbocycles. The zero-order valence-electron chi connectivity index (χ0n) is 11.6. The van der Waals surface area contributed by atoms with E-state index >= 15 is 0 Å². The van der Waals surface area contributed by atoms with Crippen molar-refractivity contribution in [3.8, 4) is 11.5 Å². The highest BCUT2D eigenvalue weighted by Gasteiger charge is 2.11. The Bertz CT molecular complexity index is 613. The van der Waals surface area contributed by atoms with Gasteiger partial charge in [-0.1, -0.05) is 24.6 Å². The number of hydrogen-bond acceptors (Lipinski definition) is 2. The van der Waals surface area contributed by atoms with Crippen LogP contribution in [0.25, 0.3) is 0 Å². The highest BCUT2D eigenvalue weighted by atomic mass is 35.5. The smallest absolute Gasteiger partial charge is 0.133 e. The minimum absolute atomic E-state index is 0.0160. The molecule has 0 bridgehead atoms. The van der Waals surface area contributed by atoms with Crippen molar-refractivity contribution in [2.24, 2.45) is 5.73 Å². The number of nitrogens with two attached hydrogens (primary N) is 1. The van der Waals surface area contributed by atoms with Crippen LogP contribution in [0.1, 0.15) is 18.9 Å². The Morgan fingerprint density at radius 1 is 1.14 bits per heavy atom. The molecule has 2 N–H and O–H groups in total. The maximum atomic E-state index is 13.2. The first-order valence-electron chi connectivity index (χ1n) is 6.66. The summed E-state index contributed by atoms with van der Waals surface area (Å²) in [5, 5.41) is 0.482. The van der Waals surface area contributed by atoms with Crippen LogP contribution in [0.3, 0.4) is 0 Å². The average Bonchev–Trinajstić information content (AvgIpc) is 2.40. The second-order valence-electron chi connectivity index (χ2n) is 4.83. The standard InChI is InChI=1S/C16H16ClF2NO/c1-2-14(20)5-10-3-4-11(17)6-16(10)21-15-8-12(18)7-13(19)9-15/h3-4,6-9,14H,2,5,20H2,1H3. The summed E-state index contributed by atoms with van der Waals surface area (Å²) in [5.74, 6) is -0.852. The Kier molecular flexibility index (Phi) is 5.15. The topological polar surface area (TPSA) is 35.2 Å². The number of benzene rings is 2. The third-order valence-electron chi connectivity index (χ3n) is 3.10. The normalized spacial score (nSPS) is 12.2. The van der Waals surface area contributed by atoms with E-state index in [-0.39, 0.29) is 11.8 Å². The van der Waals surface area contributed by atoms with Gasteiger partial charge in [-0.05, 0) is 30.5 Å². The molecule has 0 fully saturated rings. The third-order valence-corrected chi connectivity index (χ3v) is 3.33. The predicted molar refractivity (Wildman–Crippen MR) is 79.9 cm³/mol. The van der Waals surface area contributed by atoms with E-state index in [0.29, 0.717) is 17.2 Å². The number of ether oxygens (including phenoxy) is 1. The van der Waals surface area contributed by atoms with Gasteiger partial charge in [0.2, 0.25) is 0 Å². The van der Waals surface area contributed by atoms with Gasteiger partial charge in [-0.3, -0.25) is 0 Å². The van der Waals surface area contributed by atoms with Crippen molar-refractivity contribution in [1.29, 1.82) is 0 Å². The van der Waals surface area contributed by atoms with Gasteiger partial charge in [-0.15, -0.1) is 0 Å². The molecule has 0 aromatic heterocycles. The second kappa shape index (κ2) is 6.87. The first-order chi connectivity index (χ1) is 9.97. The lowest BCUT2D eigenvalue weighted by Crippen LogP contribution is -2.21.